The predicted octanol–water partition coefficient (Wildman–Crippen LogP) is 0.951. The Kier molecular flexibility index (Phi) is 3.50. The van der Waals surface area contributed by atoms with Crippen LogP contribution in [0.1, 0.15) is 10.4 Å². The van der Waals surface area contributed by atoms with Crippen molar-refractivity contribution in [3.63, 3.8) is 0 Å². The summed E-state index contributed by atoms with van der Waals surface area (Å²) < 4.78 is 4.48. The molecule has 0 aliphatic carbocycles. The highest BCUT2D eigenvalue weighted by Crippen LogP contribution is 2.13. The number of nitro groups is 1. The van der Waals surface area contributed by atoms with Gasteiger partial charge in [-0.25, -0.2) is 4.79 Å². The van der Waals surface area contributed by atoms with Crippen LogP contribution >= 0.6 is 0 Å². The molecule has 6 nitrogen and oxygen atoms in total. The van der Waals surface area contributed by atoms with Gasteiger partial charge >= 0.3 is 5.97 Å². The Morgan fingerprint density at radius 3 is 2.87 bits per heavy atom. The first-order valence-electron chi connectivity index (χ1n) is 4.00. The number of carbonyl (C=O) groups excluding carboxylic acids is 2. The van der Waals surface area contributed by atoms with E-state index in [4.69, 9.17) is 0 Å². The van der Waals surface area contributed by atoms with Crippen LogP contribution in [0.3, 0.4) is 0 Å². The number of hydrogen-bond donors (Lipinski definition) is 0. The average Bonchev–Trinajstić information content (AvgIpc) is 2.26. The molecule has 0 bridgehead atoms. The third kappa shape index (κ3) is 2.87. The van der Waals surface area contributed by atoms with Crippen molar-refractivity contribution in [1.82, 2.24) is 0 Å². The lowest BCUT2D eigenvalue weighted by Crippen LogP contribution is -2.07. The SMILES string of the molecule is O=CCOC(=O)c1cccc([N+](=O)[O-])c1. The minimum atomic E-state index is -0.759. The number of benzene rings is 1. The fourth-order valence-electron chi connectivity index (χ4n) is 0.939. The molecule has 1 aromatic rings. The Bertz CT molecular complexity index is 401. The van der Waals surface area contributed by atoms with E-state index in [1.54, 1.807) is 0 Å². The van der Waals surface area contributed by atoms with E-state index < -0.39 is 10.9 Å². The van der Waals surface area contributed by atoms with Crippen LogP contribution in [-0.2, 0) is 9.53 Å². The molecule has 0 aromatic heterocycles. The fourth-order valence-corrected chi connectivity index (χ4v) is 0.939. The minimum absolute atomic E-state index is 0.0473. The number of esters is 1. The van der Waals surface area contributed by atoms with Gasteiger partial charge in [-0.3, -0.25) is 14.9 Å². The van der Waals surface area contributed by atoms with Crippen molar-refractivity contribution in [2.45, 2.75) is 0 Å². The first-order chi connectivity index (χ1) is 7.15. The first-order valence-corrected chi connectivity index (χ1v) is 4.00. The van der Waals surface area contributed by atoms with Crippen molar-refractivity contribution in [2.24, 2.45) is 0 Å². The molecule has 0 amide bonds. The van der Waals surface area contributed by atoms with Gasteiger partial charge in [-0.1, -0.05) is 6.07 Å². The molecule has 0 unspecified atom stereocenters. The largest absolute Gasteiger partial charge is 0.454 e. The van der Waals surface area contributed by atoms with Crippen LogP contribution in [0.5, 0.6) is 0 Å². The standard InChI is InChI=1S/C9H7NO5/c11-4-5-15-9(12)7-2-1-3-8(6-7)10(13)14/h1-4,6H,5H2. The third-order valence-electron chi connectivity index (χ3n) is 1.58. The summed E-state index contributed by atoms with van der Waals surface area (Å²) in [6.45, 7) is -0.360. The Morgan fingerprint density at radius 2 is 2.27 bits per heavy atom. The lowest BCUT2D eigenvalue weighted by molar-refractivity contribution is -0.384. The lowest BCUT2D eigenvalue weighted by atomic mass is 10.2. The van der Waals surface area contributed by atoms with Crippen molar-refractivity contribution < 1.29 is 19.2 Å². The van der Waals surface area contributed by atoms with Gasteiger partial charge in [0.05, 0.1) is 10.5 Å². The molecule has 0 aliphatic rings. The quantitative estimate of drug-likeness (QED) is 0.319. The second-order valence-electron chi connectivity index (χ2n) is 2.57. The zero-order valence-corrected chi connectivity index (χ0v) is 7.58. The topological polar surface area (TPSA) is 86.5 Å². The number of rotatable bonds is 4. The van der Waals surface area contributed by atoms with Gasteiger partial charge in [-0.05, 0) is 6.07 Å². The number of carbonyl (C=O) groups is 2. The van der Waals surface area contributed by atoms with Gasteiger partial charge in [-0.15, -0.1) is 0 Å². The summed E-state index contributed by atoms with van der Waals surface area (Å²) in [6, 6.07) is 5.10. The molecule has 0 N–H and O–H groups in total. The van der Waals surface area contributed by atoms with E-state index in [2.05, 4.69) is 4.74 Å². The van der Waals surface area contributed by atoms with Crippen LogP contribution in [0.2, 0.25) is 0 Å². The highest BCUT2D eigenvalue weighted by molar-refractivity contribution is 5.90. The molecule has 6 heteroatoms. The molecule has 1 aromatic carbocycles. The van der Waals surface area contributed by atoms with Gasteiger partial charge in [0.1, 0.15) is 6.61 Å². The average molecular weight is 209 g/mol. The molecular weight excluding hydrogens is 202 g/mol. The second-order valence-corrected chi connectivity index (χ2v) is 2.57. The van der Waals surface area contributed by atoms with Crippen molar-refractivity contribution >= 4 is 17.9 Å². The molecule has 15 heavy (non-hydrogen) atoms. The normalized spacial score (nSPS) is 9.33. The third-order valence-corrected chi connectivity index (χ3v) is 1.58. The van der Waals surface area contributed by atoms with E-state index in [0.717, 1.165) is 6.07 Å². The Morgan fingerprint density at radius 1 is 1.53 bits per heavy atom. The Hall–Kier alpha value is -2.24. The second kappa shape index (κ2) is 4.85. The fraction of sp³-hybridized carbons (Fsp3) is 0.111. The Balaban J connectivity index is 2.85. The minimum Gasteiger partial charge on any atom is -0.454 e. The molecular formula is C9H7NO5. The molecule has 78 valence electrons. The lowest BCUT2D eigenvalue weighted by Gasteiger charge is -1.99. The summed E-state index contributed by atoms with van der Waals surface area (Å²) in [5.41, 5.74) is -0.151. The highest BCUT2D eigenvalue weighted by Gasteiger charge is 2.11. The maximum absolute atomic E-state index is 11.2. The van der Waals surface area contributed by atoms with Crippen LogP contribution in [0.25, 0.3) is 0 Å². The number of ether oxygens (including phenoxy) is 1. The summed E-state index contributed by atoms with van der Waals surface area (Å²) in [7, 11) is 0. The molecule has 0 fully saturated rings. The van der Waals surface area contributed by atoms with E-state index in [9.17, 15) is 19.7 Å². The molecule has 1 rings (SSSR count). The predicted molar refractivity (Wildman–Crippen MR) is 49.4 cm³/mol. The van der Waals surface area contributed by atoms with Gasteiger partial charge in [0.2, 0.25) is 0 Å². The smallest absolute Gasteiger partial charge is 0.338 e. The van der Waals surface area contributed by atoms with E-state index in [-0.39, 0.29) is 17.9 Å². The van der Waals surface area contributed by atoms with Crippen molar-refractivity contribution in [3.05, 3.63) is 39.9 Å². The molecule has 0 aliphatic heterocycles. The highest BCUT2D eigenvalue weighted by atomic mass is 16.6. The number of nitrogens with zero attached hydrogens (tertiary/aromatic N) is 1. The zero-order valence-electron chi connectivity index (χ0n) is 7.58. The van der Waals surface area contributed by atoms with Gasteiger partial charge < -0.3 is 4.74 Å². The zero-order chi connectivity index (χ0) is 11.3. The first kappa shape index (κ1) is 10.8. The van der Waals surface area contributed by atoms with Crippen LogP contribution in [0.15, 0.2) is 24.3 Å². The Labute approximate surface area is 84.6 Å². The summed E-state index contributed by atoms with van der Waals surface area (Å²) in [5, 5.41) is 10.4. The summed E-state index contributed by atoms with van der Waals surface area (Å²) in [6.07, 6.45) is 0.426. The molecule has 0 radical (unpaired) electrons. The number of hydrogen-bond acceptors (Lipinski definition) is 5. The summed E-state index contributed by atoms with van der Waals surface area (Å²) in [5.74, 6) is -0.759. The number of nitro benzene ring substituents is 1. The molecule has 0 spiro atoms. The van der Waals surface area contributed by atoms with E-state index in [1.165, 1.54) is 18.2 Å². The van der Waals surface area contributed by atoms with Crippen LogP contribution in [-0.4, -0.2) is 23.8 Å². The number of aldehydes is 1. The maximum atomic E-state index is 11.2. The van der Waals surface area contributed by atoms with E-state index in [1.807, 2.05) is 0 Å². The molecule has 0 saturated heterocycles. The van der Waals surface area contributed by atoms with Crippen LogP contribution in [0, 0.1) is 10.1 Å². The number of non-ortho nitro benzene ring substituents is 1. The van der Waals surface area contributed by atoms with Crippen LogP contribution < -0.4 is 0 Å². The van der Waals surface area contributed by atoms with Gasteiger partial charge in [0, 0.05) is 12.1 Å². The molecule has 0 heterocycles. The van der Waals surface area contributed by atoms with Crippen molar-refractivity contribution in [2.75, 3.05) is 6.61 Å². The van der Waals surface area contributed by atoms with Crippen LogP contribution in [0.4, 0.5) is 5.69 Å². The van der Waals surface area contributed by atoms with Crippen molar-refractivity contribution in [1.29, 1.82) is 0 Å². The summed E-state index contributed by atoms with van der Waals surface area (Å²) in [4.78, 5) is 30.9. The van der Waals surface area contributed by atoms with Crippen molar-refractivity contribution in [3.8, 4) is 0 Å². The van der Waals surface area contributed by atoms with Gasteiger partial charge in [-0.2, -0.15) is 0 Å². The van der Waals surface area contributed by atoms with Gasteiger partial charge in [0.25, 0.3) is 5.69 Å². The molecule has 0 saturated carbocycles. The van der Waals surface area contributed by atoms with Gasteiger partial charge in [0.15, 0.2) is 6.29 Å². The summed E-state index contributed by atoms with van der Waals surface area (Å²) >= 11 is 0. The molecule has 0 atom stereocenters. The van der Waals surface area contributed by atoms with E-state index >= 15 is 0 Å². The monoisotopic (exact) mass is 209 g/mol. The maximum Gasteiger partial charge on any atom is 0.338 e. The van der Waals surface area contributed by atoms with E-state index in [0.29, 0.717) is 6.29 Å².